The molecule has 0 saturated heterocycles. The first-order valence-electron chi connectivity index (χ1n) is 13.7. The van der Waals surface area contributed by atoms with E-state index >= 15 is 0 Å². The van der Waals surface area contributed by atoms with Gasteiger partial charge in [0.25, 0.3) is 0 Å². The Kier molecular flexibility index (Phi) is 6.83. The van der Waals surface area contributed by atoms with Gasteiger partial charge < -0.3 is 0 Å². The van der Waals surface area contributed by atoms with Crippen molar-refractivity contribution >= 4 is 0 Å². The van der Waals surface area contributed by atoms with Gasteiger partial charge >= 0.3 is 0 Å². The van der Waals surface area contributed by atoms with E-state index in [1.54, 1.807) is 0 Å². The second-order valence-corrected chi connectivity index (χ2v) is 10.6. The van der Waals surface area contributed by atoms with E-state index in [1.807, 2.05) is 45.8 Å². The molecular weight excluding hydrogens is 492 g/mol. The SMILES string of the molecule is CC(C)c1ccc(-n2nnc(-c3ccccc3)c2-c2c(-c3ccccc3)nnn2-c2ccc(C(C)C)cc2)cc1. The van der Waals surface area contributed by atoms with Gasteiger partial charge in [0.1, 0.15) is 22.8 Å². The van der Waals surface area contributed by atoms with Crippen molar-refractivity contribution in [2.75, 3.05) is 0 Å². The zero-order valence-electron chi connectivity index (χ0n) is 23.2. The molecule has 6 rings (SSSR count). The number of hydrogen-bond donors (Lipinski definition) is 0. The molecule has 0 fully saturated rings. The van der Waals surface area contributed by atoms with E-state index in [9.17, 15) is 0 Å². The van der Waals surface area contributed by atoms with Crippen molar-refractivity contribution in [1.29, 1.82) is 0 Å². The second-order valence-electron chi connectivity index (χ2n) is 10.6. The Balaban J connectivity index is 1.64. The van der Waals surface area contributed by atoms with Crippen LogP contribution in [0, 0.1) is 0 Å². The lowest BCUT2D eigenvalue weighted by Gasteiger charge is -2.14. The Hall–Kier alpha value is -4.84. The van der Waals surface area contributed by atoms with E-state index in [2.05, 4.69) is 100 Å². The van der Waals surface area contributed by atoms with Crippen molar-refractivity contribution < 1.29 is 0 Å². The highest BCUT2D eigenvalue weighted by Gasteiger charge is 2.27. The van der Waals surface area contributed by atoms with E-state index in [1.165, 1.54) is 11.1 Å². The number of aromatic nitrogens is 6. The molecular formula is C34H32N6. The van der Waals surface area contributed by atoms with Crippen LogP contribution in [0.3, 0.4) is 0 Å². The van der Waals surface area contributed by atoms with Gasteiger partial charge in [0.2, 0.25) is 0 Å². The molecule has 0 bridgehead atoms. The highest BCUT2D eigenvalue weighted by Crippen LogP contribution is 2.38. The van der Waals surface area contributed by atoms with Crippen LogP contribution < -0.4 is 0 Å². The largest absolute Gasteiger partial charge is 0.211 e. The Bertz CT molecular complexity index is 1580. The van der Waals surface area contributed by atoms with Crippen molar-refractivity contribution in [2.24, 2.45) is 0 Å². The monoisotopic (exact) mass is 524 g/mol. The normalized spacial score (nSPS) is 11.4. The van der Waals surface area contributed by atoms with Crippen LogP contribution in [0.25, 0.3) is 45.3 Å². The fraction of sp³-hybridized carbons (Fsp3) is 0.176. The van der Waals surface area contributed by atoms with Gasteiger partial charge in [-0.05, 0) is 47.2 Å². The maximum Gasteiger partial charge on any atom is 0.123 e. The van der Waals surface area contributed by atoms with Gasteiger partial charge in [-0.2, -0.15) is 0 Å². The molecule has 0 amide bonds. The minimum atomic E-state index is 0.438. The molecule has 0 N–H and O–H groups in total. The van der Waals surface area contributed by atoms with Crippen molar-refractivity contribution in [3.05, 3.63) is 120 Å². The van der Waals surface area contributed by atoms with Crippen molar-refractivity contribution in [3.63, 3.8) is 0 Å². The smallest absolute Gasteiger partial charge is 0.123 e. The molecule has 0 atom stereocenters. The van der Waals surface area contributed by atoms with Gasteiger partial charge in [-0.25, -0.2) is 9.36 Å². The van der Waals surface area contributed by atoms with E-state index in [4.69, 9.17) is 20.6 Å². The van der Waals surface area contributed by atoms with Gasteiger partial charge in [0.05, 0.1) is 11.4 Å². The topological polar surface area (TPSA) is 61.4 Å². The average molecular weight is 525 g/mol. The summed E-state index contributed by atoms with van der Waals surface area (Å²) in [5, 5.41) is 18.9. The van der Waals surface area contributed by atoms with Crippen molar-refractivity contribution in [3.8, 4) is 45.3 Å². The van der Waals surface area contributed by atoms with Gasteiger partial charge in [-0.1, -0.05) is 123 Å². The molecule has 40 heavy (non-hydrogen) atoms. The molecule has 0 aliphatic carbocycles. The third kappa shape index (κ3) is 4.73. The fourth-order valence-corrected chi connectivity index (χ4v) is 4.93. The average Bonchev–Trinajstić information content (AvgIpc) is 3.63. The fourth-order valence-electron chi connectivity index (χ4n) is 4.93. The molecule has 2 heterocycles. The molecule has 4 aromatic carbocycles. The Labute approximate surface area is 234 Å². The molecule has 0 aliphatic rings. The molecule has 0 spiro atoms. The minimum Gasteiger partial charge on any atom is -0.211 e. The Morgan fingerprint density at radius 2 is 0.800 bits per heavy atom. The van der Waals surface area contributed by atoms with Crippen LogP contribution in [-0.2, 0) is 0 Å². The summed E-state index contributed by atoms with van der Waals surface area (Å²) >= 11 is 0. The van der Waals surface area contributed by atoms with E-state index < -0.39 is 0 Å². The summed E-state index contributed by atoms with van der Waals surface area (Å²) in [4.78, 5) is 0. The molecule has 2 aromatic heterocycles. The summed E-state index contributed by atoms with van der Waals surface area (Å²) in [5.74, 6) is 0.876. The molecule has 0 radical (unpaired) electrons. The number of nitrogens with zero attached hydrogens (tertiary/aromatic N) is 6. The molecule has 6 heteroatoms. The van der Waals surface area contributed by atoms with Gasteiger partial charge in [-0.3, -0.25) is 0 Å². The summed E-state index contributed by atoms with van der Waals surface area (Å²) in [7, 11) is 0. The summed E-state index contributed by atoms with van der Waals surface area (Å²) < 4.78 is 3.83. The Morgan fingerprint density at radius 3 is 1.12 bits per heavy atom. The van der Waals surface area contributed by atoms with Gasteiger partial charge in [0.15, 0.2) is 0 Å². The lowest BCUT2D eigenvalue weighted by Crippen LogP contribution is -2.06. The number of hydrogen-bond acceptors (Lipinski definition) is 4. The summed E-state index contributed by atoms with van der Waals surface area (Å²) in [6, 6.07) is 37.4. The lowest BCUT2D eigenvalue weighted by molar-refractivity contribution is 0.782. The van der Waals surface area contributed by atoms with Crippen LogP contribution in [0.15, 0.2) is 109 Å². The van der Waals surface area contributed by atoms with E-state index in [0.29, 0.717) is 11.8 Å². The van der Waals surface area contributed by atoms with Gasteiger partial charge in [-0.15, -0.1) is 10.2 Å². The Morgan fingerprint density at radius 1 is 0.450 bits per heavy atom. The van der Waals surface area contributed by atoms with Crippen molar-refractivity contribution in [1.82, 2.24) is 30.0 Å². The molecule has 198 valence electrons. The molecule has 0 saturated carbocycles. The predicted molar refractivity (Wildman–Crippen MR) is 161 cm³/mol. The van der Waals surface area contributed by atoms with Gasteiger partial charge in [0, 0.05) is 11.1 Å². The standard InChI is InChI=1S/C34H32N6/c1-23(2)25-15-19-29(20-16-25)39-33(31(35-37-39)27-11-7-5-8-12-27)34-32(28-13-9-6-10-14-28)36-38-40(34)30-21-17-26(18-22-30)24(3)4/h5-24H,1-4H3. The second kappa shape index (κ2) is 10.7. The first-order chi connectivity index (χ1) is 19.5. The summed E-state index contributed by atoms with van der Waals surface area (Å²) in [6.07, 6.45) is 0. The van der Waals surface area contributed by atoms with Crippen LogP contribution in [0.5, 0.6) is 0 Å². The number of rotatable bonds is 7. The quantitative estimate of drug-likeness (QED) is 0.212. The summed E-state index contributed by atoms with van der Waals surface area (Å²) in [6.45, 7) is 8.79. The third-order valence-electron chi connectivity index (χ3n) is 7.27. The van der Waals surface area contributed by atoms with Crippen LogP contribution >= 0.6 is 0 Å². The maximum atomic E-state index is 4.73. The molecule has 6 aromatic rings. The number of benzene rings is 4. The van der Waals surface area contributed by atoms with Crippen LogP contribution in [-0.4, -0.2) is 30.0 Å². The highest BCUT2D eigenvalue weighted by molar-refractivity contribution is 5.86. The van der Waals surface area contributed by atoms with Crippen LogP contribution in [0.4, 0.5) is 0 Å². The summed E-state index contributed by atoms with van der Waals surface area (Å²) in [5.41, 5.74) is 9.56. The zero-order valence-corrected chi connectivity index (χ0v) is 23.2. The highest BCUT2D eigenvalue weighted by atomic mass is 15.5. The molecule has 6 nitrogen and oxygen atoms in total. The predicted octanol–water partition coefficient (Wildman–Crippen LogP) is 8.10. The van der Waals surface area contributed by atoms with Crippen LogP contribution in [0.2, 0.25) is 0 Å². The molecule has 0 aliphatic heterocycles. The lowest BCUT2D eigenvalue weighted by atomic mass is 10.0. The first kappa shape index (κ1) is 25.4. The van der Waals surface area contributed by atoms with Crippen molar-refractivity contribution in [2.45, 2.75) is 39.5 Å². The maximum absolute atomic E-state index is 4.73. The third-order valence-corrected chi connectivity index (χ3v) is 7.27. The minimum absolute atomic E-state index is 0.438. The zero-order chi connectivity index (χ0) is 27.6. The van der Waals surface area contributed by atoms with E-state index in [-0.39, 0.29) is 0 Å². The van der Waals surface area contributed by atoms with Crippen LogP contribution in [0.1, 0.15) is 50.7 Å². The first-order valence-corrected chi connectivity index (χ1v) is 13.7. The molecule has 0 unspecified atom stereocenters. The van der Waals surface area contributed by atoms with E-state index in [0.717, 1.165) is 45.3 Å².